The summed E-state index contributed by atoms with van der Waals surface area (Å²) in [6, 6.07) is 13.4. The molecule has 2 aromatic carbocycles. The van der Waals surface area contributed by atoms with Crippen molar-refractivity contribution in [3.8, 4) is 5.75 Å². The molecule has 0 aromatic heterocycles. The van der Waals surface area contributed by atoms with Gasteiger partial charge in [-0.3, -0.25) is 4.79 Å². The summed E-state index contributed by atoms with van der Waals surface area (Å²) in [5, 5.41) is 18.3. The number of hydrogen-bond acceptors (Lipinski definition) is 5. The van der Waals surface area contributed by atoms with Crippen molar-refractivity contribution in [1.29, 1.82) is 0 Å². The smallest absolute Gasteiger partial charge is 0.321 e. The van der Waals surface area contributed by atoms with Gasteiger partial charge in [-0.05, 0) is 51.1 Å². The molecular formula is C28H39N5O5. The summed E-state index contributed by atoms with van der Waals surface area (Å²) in [7, 11) is 1.70. The molecule has 10 heteroatoms. The maximum atomic E-state index is 13.3. The third kappa shape index (κ3) is 7.85. The molecule has 10 nitrogen and oxygen atoms in total. The fraction of sp³-hybridized carbons (Fsp3) is 0.464. The predicted molar refractivity (Wildman–Crippen MR) is 147 cm³/mol. The molecule has 0 unspecified atom stereocenters. The number of carbonyl (C=O) groups excluding carboxylic acids is 3. The molecule has 1 heterocycles. The second kappa shape index (κ2) is 13.1. The number of benzene rings is 2. The zero-order valence-corrected chi connectivity index (χ0v) is 22.7. The Morgan fingerprint density at radius 1 is 1.11 bits per heavy atom. The van der Waals surface area contributed by atoms with E-state index in [4.69, 9.17) is 4.74 Å². The van der Waals surface area contributed by atoms with Gasteiger partial charge >= 0.3 is 12.1 Å². The van der Waals surface area contributed by atoms with Crippen molar-refractivity contribution in [2.24, 2.45) is 5.92 Å². The second-order valence-corrected chi connectivity index (χ2v) is 10.1. The topological polar surface area (TPSA) is 123 Å². The molecule has 0 spiro atoms. The molecule has 3 rings (SSSR count). The molecule has 0 saturated heterocycles. The van der Waals surface area contributed by atoms with Crippen molar-refractivity contribution in [1.82, 2.24) is 15.1 Å². The van der Waals surface area contributed by atoms with Gasteiger partial charge in [0.05, 0.1) is 25.6 Å². The van der Waals surface area contributed by atoms with Gasteiger partial charge in [-0.25, -0.2) is 9.59 Å². The molecule has 5 amide bonds. The zero-order chi connectivity index (χ0) is 27.8. The molecule has 1 aliphatic rings. The van der Waals surface area contributed by atoms with E-state index in [0.29, 0.717) is 29.2 Å². The van der Waals surface area contributed by atoms with E-state index >= 15 is 0 Å². The number of nitrogens with zero attached hydrogens (tertiary/aromatic N) is 2. The monoisotopic (exact) mass is 525 g/mol. The van der Waals surface area contributed by atoms with E-state index in [1.165, 1.54) is 0 Å². The Balaban J connectivity index is 1.87. The lowest BCUT2D eigenvalue weighted by molar-refractivity contribution is -0.134. The average molecular weight is 526 g/mol. The van der Waals surface area contributed by atoms with Gasteiger partial charge in [0.15, 0.2) is 0 Å². The minimum absolute atomic E-state index is 0.0281. The Labute approximate surface area is 224 Å². The van der Waals surface area contributed by atoms with E-state index in [1.807, 2.05) is 51.1 Å². The zero-order valence-electron chi connectivity index (χ0n) is 22.7. The molecule has 0 aliphatic carbocycles. The number of rotatable bonds is 7. The predicted octanol–water partition coefficient (Wildman–Crippen LogP) is 3.53. The Kier molecular flexibility index (Phi) is 9.95. The fourth-order valence-electron chi connectivity index (χ4n) is 4.25. The SMILES string of the molecule is CC(C)NC(=O)Nc1ccc2c(c1)CC(=O)N([C@H](C)CO)C[C@@H](C)[C@@H](CN(C)C(=O)Nc1ccccc1)O2. The van der Waals surface area contributed by atoms with E-state index in [0.717, 1.165) is 0 Å². The highest BCUT2D eigenvalue weighted by atomic mass is 16.5. The quantitative estimate of drug-likeness (QED) is 0.440. The maximum absolute atomic E-state index is 13.3. The van der Waals surface area contributed by atoms with Crippen LogP contribution in [0.2, 0.25) is 0 Å². The summed E-state index contributed by atoms with van der Waals surface area (Å²) in [5.74, 6) is 0.212. The molecule has 4 N–H and O–H groups in total. The number of ether oxygens (including phenoxy) is 1. The summed E-state index contributed by atoms with van der Waals surface area (Å²) in [6.07, 6.45) is -0.396. The van der Waals surface area contributed by atoms with Crippen LogP contribution in [0.5, 0.6) is 5.75 Å². The number of fused-ring (bicyclic) bond motifs is 1. The molecular weight excluding hydrogens is 486 g/mol. The second-order valence-electron chi connectivity index (χ2n) is 10.1. The number of likely N-dealkylation sites (N-methyl/N-ethyl adjacent to an activating group) is 1. The van der Waals surface area contributed by atoms with Crippen molar-refractivity contribution < 1.29 is 24.2 Å². The van der Waals surface area contributed by atoms with E-state index < -0.39 is 6.10 Å². The van der Waals surface area contributed by atoms with Gasteiger partial charge in [-0.15, -0.1) is 0 Å². The highest BCUT2D eigenvalue weighted by molar-refractivity contribution is 5.90. The van der Waals surface area contributed by atoms with E-state index in [2.05, 4.69) is 16.0 Å². The highest BCUT2D eigenvalue weighted by Crippen LogP contribution is 2.29. The van der Waals surface area contributed by atoms with Gasteiger partial charge < -0.3 is 35.6 Å². The first-order valence-corrected chi connectivity index (χ1v) is 12.9. The van der Waals surface area contributed by atoms with Crippen LogP contribution in [0.15, 0.2) is 48.5 Å². The number of amides is 5. The van der Waals surface area contributed by atoms with Crippen molar-refractivity contribution in [2.45, 2.75) is 52.3 Å². The molecule has 1 aliphatic heterocycles. The van der Waals surface area contributed by atoms with Gasteiger partial charge in [-0.1, -0.05) is 25.1 Å². The number of nitrogens with one attached hydrogen (secondary N) is 3. The van der Waals surface area contributed by atoms with E-state index in [9.17, 15) is 19.5 Å². The number of aliphatic hydroxyl groups excluding tert-OH is 1. The van der Waals surface area contributed by atoms with Crippen LogP contribution in [0.4, 0.5) is 21.0 Å². The lowest BCUT2D eigenvalue weighted by atomic mass is 10.0. The van der Waals surface area contributed by atoms with Gasteiger partial charge in [0.25, 0.3) is 0 Å². The largest absolute Gasteiger partial charge is 0.488 e. The average Bonchev–Trinajstić information content (AvgIpc) is 2.91. The number of carbonyl (C=O) groups is 3. The summed E-state index contributed by atoms with van der Waals surface area (Å²) >= 11 is 0. The van der Waals surface area contributed by atoms with Crippen LogP contribution in [0.25, 0.3) is 0 Å². The number of anilines is 2. The van der Waals surface area contributed by atoms with Crippen LogP contribution in [0.3, 0.4) is 0 Å². The van der Waals surface area contributed by atoms with Crippen molar-refractivity contribution in [3.63, 3.8) is 0 Å². The first-order chi connectivity index (χ1) is 18.1. The van der Waals surface area contributed by atoms with Crippen LogP contribution in [0.1, 0.15) is 33.3 Å². The molecule has 3 atom stereocenters. The van der Waals surface area contributed by atoms with Gasteiger partial charge in [0.1, 0.15) is 11.9 Å². The Morgan fingerprint density at radius 2 is 1.82 bits per heavy atom. The summed E-state index contributed by atoms with van der Waals surface area (Å²) in [5.41, 5.74) is 1.83. The number of aliphatic hydroxyl groups is 1. The van der Waals surface area contributed by atoms with Crippen LogP contribution in [-0.4, -0.2) is 77.8 Å². The minimum atomic E-state index is -0.442. The number of hydrogen-bond donors (Lipinski definition) is 4. The molecule has 0 fully saturated rings. The van der Waals surface area contributed by atoms with Gasteiger partial charge in [-0.2, -0.15) is 0 Å². The first-order valence-electron chi connectivity index (χ1n) is 12.9. The molecule has 0 radical (unpaired) electrons. The Hall–Kier alpha value is -3.79. The van der Waals surface area contributed by atoms with E-state index in [1.54, 1.807) is 42.0 Å². The molecule has 38 heavy (non-hydrogen) atoms. The lowest BCUT2D eigenvalue weighted by Crippen LogP contribution is -2.48. The molecule has 0 bridgehead atoms. The third-order valence-electron chi connectivity index (χ3n) is 6.42. The summed E-state index contributed by atoms with van der Waals surface area (Å²) in [6.45, 7) is 7.95. The maximum Gasteiger partial charge on any atom is 0.321 e. The minimum Gasteiger partial charge on any atom is -0.488 e. The third-order valence-corrected chi connectivity index (χ3v) is 6.42. The first kappa shape index (κ1) is 28.8. The van der Waals surface area contributed by atoms with Gasteiger partial charge in [0.2, 0.25) is 5.91 Å². The summed E-state index contributed by atoms with van der Waals surface area (Å²) < 4.78 is 6.44. The van der Waals surface area contributed by atoms with Crippen LogP contribution >= 0.6 is 0 Å². The number of para-hydroxylation sites is 1. The fourth-order valence-corrected chi connectivity index (χ4v) is 4.25. The van der Waals surface area contributed by atoms with Crippen LogP contribution in [-0.2, 0) is 11.2 Å². The molecule has 206 valence electrons. The van der Waals surface area contributed by atoms with Crippen molar-refractivity contribution >= 4 is 29.3 Å². The van der Waals surface area contributed by atoms with Crippen molar-refractivity contribution in [3.05, 3.63) is 54.1 Å². The van der Waals surface area contributed by atoms with Crippen LogP contribution in [0, 0.1) is 5.92 Å². The molecule has 0 saturated carbocycles. The Morgan fingerprint density at radius 3 is 2.47 bits per heavy atom. The lowest BCUT2D eigenvalue weighted by Gasteiger charge is -2.34. The van der Waals surface area contributed by atoms with Gasteiger partial charge in [0, 0.05) is 42.5 Å². The van der Waals surface area contributed by atoms with Crippen LogP contribution < -0.4 is 20.7 Å². The Bertz CT molecular complexity index is 1110. The standard InChI is InChI=1S/C28H39N5O5/c1-18(2)29-27(36)30-23-11-12-24-21(13-23)14-26(35)33(20(4)17-34)15-19(3)25(38-24)16-32(5)28(37)31-22-9-7-6-8-10-22/h6-13,18-20,25,34H,14-17H2,1-5H3,(H,31,37)(H2,29,30,36)/t19-,20-,25-/m1/s1. The van der Waals surface area contributed by atoms with Crippen molar-refractivity contribution in [2.75, 3.05) is 37.4 Å². The normalized spacial score (nSPS) is 18.3. The summed E-state index contributed by atoms with van der Waals surface area (Å²) in [4.78, 5) is 41.6. The van der Waals surface area contributed by atoms with E-state index in [-0.39, 0.29) is 55.5 Å². The highest BCUT2D eigenvalue weighted by Gasteiger charge is 2.32. The molecule has 2 aromatic rings. The number of urea groups is 2.